The fourth-order valence-corrected chi connectivity index (χ4v) is 3.05. The predicted molar refractivity (Wildman–Crippen MR) is 108 cm³/mol. The summed E-state index contributed by atoms with van der Waals surface area (Å²) in [6.45, 7) is 2.50. The van der Waals surface area contributed by atoms with Crippen molar-refractivity contribution in [3.05, 3.63) is 63.7 Å². The number of phenolic OH excluding ortho intramolecular Hbond substituents is 1. The molecule has 1 amide bonds. The molecule has 3 rings (SSSR count). The molecule has 0 aromatic heterocycles. The molecule has 1 aliphatic rings. The lowest BCUT2D eigenvalue weighted by atomic mass is 10.1. The second-order valence-electron chi connectivity index (χ2n) is 6.52. The summed E-state index contributed by atoms with van der Waals surface area (Å²) < 4.78 is 5.35. The number of aromatic hydroxyl groups is 1. The normalized spacial score (nSPS) is 14.1. The number of carbonyl (C=O) groups is 1. The number of anilines is 1. The topological polar surface area (TPSA) is 117 Å². The highest BCUT2D eigenvalue weighted by atomic mass is 16.6. The molecule has 0 radical (unpaired) electrons. The van der Waals surface area contributed by atoms with Crippen LogP contribution in [0.4, 0.5) is 11.4 Å². The van der Waals surface area contributed by atoms with Crippen LogP contribution in [0.3, 0.4) is 0 Å². The Balaban J connectivity index is 1.66. The molecule has 9 heteroatoms. The van der Waals surface area contributed by atoms with Gasteiger partial charge in [-0.05, 0) is 24.1 Å². The third-order valence-electron chi connectivity index (χ3n) is 4.58. The number of amides is 1. The first-order valence-corrected chi connectivity index (χ1v) is 9.24. The molecule has 0 unspecified atom stereocenters. The number of nitrogens with zero attached hydrogens (tertiary/aromatic N) is 3. The van der Waals surface area contributed by atoms with Crippen LogP contribution in [0.25, 0.3) is 0 Å². The molecular formula is C20H22N4O5. The second-order valence-corrected chi connectivity index (χ2v) is 6.52. The number of rotatable bonds is 7. The van der Waals surface area contributed by atoms with Crippen LogP contribution in [0, 0.1) is 10.1 Å². The minimum absolute atomic E-state index is 0.0469. The van der Waals surface area contributed by atoms with Gasteiger partial charge in [-0.15, -0.1) is 0 Å². The number of aryl methyl sites for hydroxylation is 1. The molecule has 2 N–H and O–H groups in total. The third-order valence-corrected chi connectivity index (χ3v) is 4.58. The number of carbonyl (C=O) groups excluding carboxylic acids is 1. The number of nitro benzene ring substituents is 1. The highest BCUT2D eigenvalue weighted by molar-refractivity contribution is 5.90. The van der Waals surface area contributed by atoms with E-state index in [9.17, 15) is 20.0 Å². The number of ether oxygens (including phenoxy) is 1. The summed E-state index contributed by atoms with van der Waals surface area (Å²) in [6, 6.07) is 11.4. The Morgan fingerprint density at radius 3 is 2.76 bits per heavy atom. The Morgan fingerprint density at radius 2 is 2.03 bits per heavy atom. The van der Waals surface area contributed by atoms with E-state index in [0.29, 0.717) is 43.9 Å². The van der Waals surface area contributed by atoms with Gasteiger partial charge in [0, 0.05) is 42.9 Å². The molecule has 0 bridgehead atoms. The summed E-state index contributed by atoms with van der Waals surface area (Å²) in [5.74, 6) is -0.168. The Hall–Kier alpha value is -3.46. The maximum absolute atomic E-state index is 12.0. The fourth-order valence-electron chi connectivity index (χ4n) is 3.05. The predicted octanol–water partition coefficient (Wildman–Crippen LogP) is 2.22. The molecule has 0 saturated carbocycles. The van der Waals surface area contributed by atoms with Crippen molar-refractivity contribution in [2.24, 2.45) is 5.10 Å². The highest BCUT2D eigenvalue weighted by Crippen LogP contribution is 2.25. The van der Waals surface area contributed by atoms with Crippen molar-refractivity contribution in [2.75, 3.05) is 31.2 Å². The number of phenols is 1. The Labute approximate surface area is 167 Å². The van der Waals surface area contributed by atoms with E-state index in [-0.39, 0.29) is 23.8 Å². The molecule has 0 spiro atoms. The highest BCUT2D eigenvalue weighted by Gasteiger charge is 2.17. The molecule has 9 nitrogen and oxygen atoms in total. The van der Waals surface area contributed by atoms with Gasteiger partial charge in [0.15, 0.2) is 0 Å². The molecule has 0 aliphatic carbocycles. The Morgan fingerprint density at radius 1 is 1.28 bits per heavy atom. The summed E-state index contributed by atoms with van der Waals surface area (Å²) in [4.78, 5) is 24.7. The van der Waals surface area contributed by atoms with Crippen LogP contribution in [0.5, 0.6) is 5.75 Å². The van der Waals surface area contributed by atoms with E-state index in [0.717, 1.165) is 5.69 Å². The maximum atomic E-state index is 12.0. The number of hydrazone groups is 1. The molecule has 1 heterocycles. The molecular weight excluding hydrogens is 376 g/mol. The molecule has 1 aliphatic heterocycles. The minimum atomic E-state index is -0.467. The van der Waals surface area contributed by atoms with Gasteiger partial charge in [0.05, 0.1) is 24.4 Å². The van der Waals surface area contributed by atoms with Crippen LogP contribution in [-0.4, -0.2) is 48.5 Å². The van der Waals surface area contributed by atoms with Crippen molar-refractivity contribution < 1.29 is 19.6 Å². The average Bonchev–Trinajstić information content (AvgIpc) is 2.73. The van der Waals surface area contributed by atoms with Crippen molar-refractivity contribution in [1.82, 2.24) is 5.43 Å². The average molecular weight is 398 g/mol. The number of non-ortho nitro benzene ring substituents is 1. The number of hydrogen-bond donors (Lipinski definition) is 2. The molecule has 2 aromatic carbocycles. The fraction of sp³-hybridized carbons (Fsp3) is 0.300. The number of benzene rings is 2. The molecule has 152 valence electrons. The van der Waals surface area contributed by atoms with Crippen molar-refractivity contribution in [2.45, 2.75) is 12.8 Å². The summed E-state index contributed by atoms with van der Waals surface area (Å²) in [6.07, 6.45) is 1.94. The van der Waals surface area contributed by atoms with Crippen LogP contribution < -0.4 is 10.3 Å². The molecule has 29 heavy (non-hydrogen) atoms. The number of para-hydroxylation sites is 1. The number of nitrogens with one attached hydrogen (secondary N) is 1. The van der Waals surface area contributed by atoms with Gasteiger partial charge in [0.25, 0.3) is 5.69 Å². The number of hydrogen-bond acceptors (Lipinski definition) is 7. The molecule has 0 atom stereocenters. The zero-order valence-electron chi connectivity index (χ0n) is 15.8. The smallest absolute Gasteiger partial charge is 0.270 e. The third kappa shape index (κ3) is 5.52. The van der Waals surface area contributed by atoms with Gasteiger partial charge in [-0.25, -0.2) is 5.43 Å². The standard InChI is InChI=1S/C20H22N4O5/c25-19-4-2-1-3-15(19)5-8-20(26)22-21-14-16-13-17(24(27)28)6-7-18(16)23-9-11-29-12-10-23/h1-4,6-7,13-14,25H,5,8-12H2,(H,22,26)/b21-14-. The summed E-state index contributed by atoms with van der Waals surface area (Å²) in [5.41, 5.74) is 4.41. The first-order chi connectivity index (χ1) is 14.0. The van der Waals surface area contributed by atoms with Gasteiger partial charge in [-0.1, -0.05) is 18.2 Å². The summed E-state index contributed by atoms with van der Waals surface area (Å²) in [5, 5.41) is 24.8. The van der Waals surface area contributed by atoms with Gasteiger partial charge in [0.2, 0.25) is 5.91 Å². The lowest BCUT2D eigenvalue weighted by molar-refractivity contribution is -0.384. The Bertz CT molecular complexity index is 909. The van der Waals surface area contributed by atoms with Crippen LogP contribution >= 0.6 is 0 Å². The van der Waals surface area contributed by atoms with Crippen molar-refractivity contribution in [1.29, 1.82) is 0 Å². The molecule has 1 fully saturated rings. The molecule has 1 saturated heterocycles. The van der Waals surface area contributed by atoms with E-state index in [1.807, 2.05) is 0 Å². The Kier molecular flexibility index (Phi) is 6.75. The van der Waals surface area contributed by atoms with Gasteiger partial charge in [-0.3, -0.25) is 14.9 Å². The van der Waals surface area contributed by atoms with Crippen molar-refractivity contribution >= 4 is 23.5 Å². The largest absolute Gasteiger partial charge is 0.508 e. The molecule has 2 aromatic rings. The van der Waals surface area contributed by atoms with Crippen molar-refractivity contribution in [3.8, 4) is 5.75 Å². The SMILES string of the molecule is O=C(CCc1ccccc1O)N/N=C\c1cc([N+](=O)[O-])ccc1N1CCOCC1. The van der Waals surface area contributed by atoms with E-state index in [2.05, 4.69) is 15.4 Å². The van der Waals surface area contributed by atoms with E-state index < -0.39 is 4.92 Å². The van der Waals surface area contributed by atoms with Crippen molar-refractivity contribution in [3.63, 3.8) is 0 Å². The van der Waals surface area contributed by atoms with Crippen LogP contribution in [0.1, 0.15) is 17.5 Å². The van der Waals surface area contributed by atoms with E-state index in [1.54, 1.807) is 30.3 Å². The van der Waals surface area contributed by atoms with E-state index >= 15 is 0 Å². The first-order valence-electron chi connectivity index (χ1n) is 9.24. The zero-order valence-corrected chi connectivity index (χ0v) is 15.8. The van der Waals surface area contributed by atoms with Gasteiger partial charge in [0.1, 0.15) is 5.75 Å². The van der Waals surface area contributed by atoms with Crippen LogP contribution in [0.15, 0.2) is 47.6 Å². The van der Waals surface area contributed by atoms with E-state index in [1.165, 1.54) is 18.3 Å². The van der Waals surface area contributed by atoms with Gasteiger partial charge >= 0.3 is 0 Å². The summed E-state index contributed by atoms with van der Waals surface area (Å²) in [7, 11) is 0. The zero-order chi connectivity index (χ0) is 20.6. The maximum Gasteiger partial charge on any atom is 0.270 e. The quantitative estimate of drug-likeness (QED) is 0.420. The van der Waals surface area contributed by atoms with Crippen LogP contribution in [0.2, 0.25) is 0 Å². The first kappa shape index (κ1) is 20.3. The minimum Gasteiger partial charge on any atom is -0.508 e. The summed E-state index contributed by atoms with van der Waals surface area (Å²) >= 11 is 0. The number of morpholine rings is 1. The monoisotopic (exact) mass is 398 g/mol. The van der Waals surface area contributed by atoms with Gasteiger partial charge in [-0.2, -0.15) is 5.10 Å². The number of nitro groups is 1. The van der Waals surface area contributed by atoms with Gasteiger partial charge < -0.3 is 14.7 Å². The van der Waals surface area contributed by atoms with E-state index in [4.69, 9.17) is 4.74 Å². The lowest BCUT2D eigenvalue weighted by Crippen LogP contribution is -2.36. The lowest BCUT2D eigenvalue weighted by Gasteiger charge is -2.29. The van der Waals surface area contributed by atoms with Crippen LogP contribution in [-0.2, 0) is 16.0 Å². The second kappa shape index (κ2) is 9.65.